The number of carbonyl (C=O) groups excluding carboxylic acids is 1. The fourth-order valence-corrected chi connectivity index (χ4v) is 5.45. The zero-order chi connectivity index (χ0) is 26.4. The molecule has 1 aliphatic heterocycles. The third-order valence-corrected chi connectivity index (χ3v) is 7.75. The van der Waals surface area contributed by atoms with Crippen molar-refractivity contribution >= 4 is 50.3 Å². The summed E-state index contributed by atoms with van der Waals surface area (Å²) in [5.41, 5.74) is 2.49. The first-order valence-electron chi connectivity index (χ1n) is 12.1. The Morgan fingerprint density at radius 1 is 1.16 bits per heavy atom. The number of amides is 1. The molecule has 0 bridgehead atoms. The fourth-order valence-electron chi connectivity index (χ4n) is 4.24. The Bertz CT molecular complexity index is 1250. The highest BCUT2D eigenvalue weighted by molar-refractivity contribution is 7.22. The summed E-state index contributed by atoms with van der Waals surface area (Å²) in [5, 5.41) is 1.32. The van der Waals surface area contributed by atoms with Gasteiger partial charge in [0.15, 0.2) is 16.6 Å². The van der Waals surface area contributed by atoms with Gasteiger partial charge in [-0.25, -0.2) is 4.98 Å². The Kier molecular flexibility index (Phi) is 9.26. The second kappa shape index (κ2) is 12.6. The van der Waals surface area contributed by atoms with Crippen molar-refractivity contribution < 1.29 is 23.7 Å². The molecule has 0 spiro atoms. The largest absolute Gasteiger partial charge is 0.493 e. The van der Waals surface area contributed by atoms with Crippen molar-refractivity contribution in [2.75, 3.05) is 65.6 Å². The van der Waals surface area contributed by atoms with Crippen LogP contribution in [0.15, 0.2) is 30.3 Å². The fraction of sp³-hybridized carbons (Fsp3) is 0.407. The monoisotopic (exact) mass is 545 g/mol. The van der Waals surface area contributed by atoms with Gasteiger partial charge in [0, 0.05) is 37.3 Å². The van der Waals surface area contributed by atoms with Crippen LogP contribution in [0.2, 0.25) is 5.02 Å². The van der Waals surface area contributed by atoms with Crippen LogP contribution >= 0.6 is 22.9 Å². The number of rotatable bonds is 10. The van der Waals surface area contributed by atoms with Gasteiger partial charge in [-0.15, -0.1) is 0 Å². The molecule has 198 valence electrons. The van der Waals surface area contributed by atoms with Crippen LogP contribution in [-0.2, 0) is 9.53 Å². The summed E-state index contributed by atoms with van der Waals surface area (Å²) in [4.78, 5) is 22.4. The van der Waals surface area contributed by atoms with E-state index in [-0.39, 0.29) is 5.91 Å². The summed E-state index contributed by atoms with van der Waals surface area (Å²) in [5.74, 6) is 1.39. The predicted molar refractivity (Wildman–Crippen MR) is 149 cm³/mol. The van der Waals surface area contributed by atoms with E-state index in [1.165, 1.54) is 11.3 Å². The number of methoxy groups -OCH3 is 3. The summed E-state index contributed by atoms with van der Waals surface area (Å²) < 4.78 is 22.7. The lowest BCUT2D eigenvalue weighted by Crippen LogP contribution is -2.39. The van der Waals surface area contributed by atoms with Crippen LogP contribution in [0.5, 0.6) is 17.2 Å². The Hall–Kier alpha value is -2.85. The molecule has 2 aromatic carbocycles. The molecular formula is C27H32ClN3O5S. The van der Waals surface area contributed by atoms with E-state index in [0.29, 0.717) is 33.9 Å². The molecule has 0 atom stereocenters. The average Bonchev–Trinajstić information content (AvgIpc) is 3.36. The predicted octanol–water partition coefficient (Wildman–Crippen LogP) is 5.05. The highest BCUT2D eigenvalue weighted by Gasteiger charge is 2.20. The normalized spacial score (nSPS) is 14.3. The molecule has 1 aromatic heterocycles. The van der Waals surface area contributed by atoms with Gasteiger partial charge in [-0.05, 0) is 54.8 Å². The first-order chi connectivity index (χ1) is 17.9. The summed E-state index contributed by atoms with van der Waals surface area (Å²) in [6.07, 6.45) is 4.12. The van der Waals surface area contributed by atoms with Crippen LogP contribution < -0.4 is 19.1 Å². The molecule has 1 amide bonds. The van der Waals surface area contributed by atoms with Crippen LogP contribution in [0.25, 0.3) is 16.3 Å². The maximum Gasteiger partial charge on any atom is 0.252 e. The molecule has 4 rings (SSSR count). The van der Waals surface area contributed by atoms with Crippen molar-refractivity contribution in [3.63, 3.8) is 0 Å². The van der Waals surface area contributed by atoms with Gasteiger partial charge >= 0.3 is 0 Å². The smallest absolute Gasteiger partial charge is 0.252 e. The molecule has 8 nitrogen and oxygen atoms in total. The number of hydrogen-bond donors (Lipinski definition) is 0. The molecular weight excluding hydrogens is 514 g/mol. The van der Waals surface area contributed by atoms with Gasteiger partial charge in [-0.2, -0.15) is 0 Å². The quantitative estimate of drug-likeness (QED) is 0.330. The minimum atomic E-state index is -0.154. The van der Waals surface area contributed by atoms with Crippen LogP contribution in [-0.4, -0.2) is 76.5 Å². The van der Waals surface area contributed by atoms with Crippen molar-refractivity contribution in [1.29, 1.82) is 0 Å². The maximum absolute atomic E-state index is 13.5. The number of anilines is 1. The number of aryl methyl sites for hydroxylation is 1. The average molecular weight is 546 g/mol. The van der Waals surface area contributed by atoms with E-state index in [4.69, 9.17) is 35.5 Å². The van der Waals surface area contributed by atoms with E-state index >= 15 is 0 Å². The van der Waals surface area contributed by atoms with Gasteiger partial charge in [-0.3, -0.25) is 14.6 Å². The van der Waals surface area contributed by atoms with Gasteiger partial charge in [0.2, 0.25) is 5.75 Å². The number of carbonyl (C=O) groups is 1. The molecule has 37 heavy (non-hydrogen) atoms. The topological polar surface area (TPSA) is 73.4 Å². The number of ether oxygens (including phenoxy) is 4. The number of hydrogen-bond acceptors (Lipinski definition) is 8. The van der Waals surface area contributed by atoms with Crippen molar-refractivity contribution in [3.05, 3.63) is 46.5 Å². The number of nitrogens with zero attached hydrogens (tertiary/aromatic N) is 3. The molecule has 0 radical (unpaired) electrons. The van der Waals surface area contributed by atoms with E-state index in [9.17, 15) is 4.79 Å². The molecule has 1 saturated heterocycles. The Balaban J connectivity index is 1.59. The molecule has 3 aromatic rings. The number of halogens is 1. The zero-order valence-electron chi connectivity index (χ0n) is 21.6. The molecule has 1 aliphatic rings. The lowest BCUT2D eigenvalue weighted by atomic mass is 10.1. The molecule has 0 N–H and O–H groups in total. The van der Waals surface area contributed by atoms with Crippen LogP contribution in [0.1, 0.15) is 17.5 Å². The van der Waals surface area contributed by atoms with E-state index in [0.717, 1.165) is 60.6 Å². The Labute approximate surface area is 226 Å². The number of fused-ring (bicyclic) bond motifs is 1. The first-order valence-corrected chi connectivity index (χ1v) is 13.3. The molecule has 2 heterocycles. The summed E-state index contributed by atoms with van der Waals surface area (Å²) in [7, 11) is 4.68. The van der Waals surface area contributed by atoms with Gasteiger partial charge < -0.3 is 18.9 Å². The van der Waals surface area contributed by atoms with Gasteiger partial charge in [0.05, 0.1) is 44.8 Å². The Morgan fingerprint density at radius 2 is 1.86 bits per heavy atom. The molecule has 0 saturated carbocycles. The number of thiazole rings is 1. The highest BCUT2D eigenvalue weighted by Crippen LogP contribution is 2.38. The minimum Gasteiger partial charge on any atom is -0.493 e. The highest BCUT2D eigenvalue weighted by atomic mass is 35.5. The number of benzene rings is 2. The van der Waals surface area contributed by atoms with Gasteiger partial charge in [0.1, 0.15) is 0 Å². The van der Waals surface area contributed by atoms with Crippen LogP contribution in [0.4, 0.5) is 5.13 Å². The standard InChI is InChI=1S/C27H32ClN3O5S/c1-18-20(28)7-8-23-25(18)29-27(37-23)31(11-5-10-30-12-14-36-15-13-30)24(32)9-6-19-16-21(33-2)26(35-4)22(17-19)34-3/h6-9,16-17H,5,10-15H2,1-4H3/b9-6+. The lowest BCUT2D eigenvalue weighted by Gasteiger charge is -2.27. The Morgan fingerprint density at radius 3 is 2.51 bits per heavy atom. The molecule has 1 fully saturated rings. The third kappa shape index (κ3) is 6.35. The first kappa shape index (κ1) is 27.2. The summed E-state index contributed by atoms with van der Waals surface area (Å²) >= 11 is 7.82. The lowest BCUT2D eigenvalue weighted by molar-refractivity contribution is -0.114. The van der Waals surface area contributed by atoms with Crippen molar-refractivity contribution in [1.82, 2.24) is 9.88 Å². The number of morpholine rings is 1. The SMILES string of the molecule is COc1cc(/C=C/C(=O)N(CCCN2CCOCC2)c2nc3c(C)c(Cl)ccc3s2)cc(OC)c1OC. The van der Waals surface area contributed by atoms with Crippen molar-refractivity contribution in [2.45, 2.75) is 13.3 Å². The van der Waals surface area contributed by atoms with Gasteiger partial charge in [0.25, 0.3) is 5.91 Å². The maximum atomic E-state index is 13.5. The van der Waals surface area contributed by atoms with Gasteiger partial charge in [-0.1, -0.05) is 22.9 Å². The van der Waals surface area contributed by atoms with Crippen LogP contribution in [0.3, 0.4) is 0 Å². The van der Waals surface area contributed by atoms with E-state index in [1.807, 2.05) is 19.1 Å². The molecule has 0 unspecified atom stereocenters. The van der Waals surface area contributed by atoms with Crippen molar-refractivity contribution in [2.24, 2.45) is 0 Å². The van der Waals surface area contributed by atoms with E-state index < -0.39 is 0 Å². The summed E-state index contributed by atoms with van der Waals surface area (Å²) in [6.45, 7) is 6.70. The van der Waals surface area contributed by atoms with E-state index in [1.54, 1.807) is 50.5 Å². The summed E-state index contributed by atoms with van der Waals surface area (Å²) in [6, 6.07) is 7.43. The van der Waals surface area contributed by atoms with Crippen molar-refractivity contribution in [3.8, 4) is 17.2 Å². The third-order valence-electron chi connectivity index (χ3n) is 6.30. The zero-order valence-corrected chi connectivity index (χ0v) is 23.2. The molecule has 10 heteroatoms. The van der Waals surface area contributed by atoms with Crippen LogP contribution in [0, 0.1) is 6.92 Å². The second-order valence-electron chi connectivity index (χ2n) is 8.61. The molecule has 0 aliphatic carbocycles. The second-order valence-corrected chi connectivity index (χ2v) is 10.0. The number of aromatic nitrogens is 1. The minimum absolute atomic E-state index is 0.154. The van der Waals surface area contributed by atoms with E-state index in [2.05, 4.69) is 4.90 Å².